The summed E-state index contributed by atoms with van der Waals surface area (Å²) < 4.78 is 0. The lowest BCUT2D eigenvalue weighted by molar-refractivity contribution is 0.252. The van der Waals surface area contributed by atoms with Crippen molar-refractivity contribution in [2.45, 2.75) is 122 Å². The number of hydrogen-bond acceptors (Lipinski definition) is 0. The molecule has 1 aromatic rings. The van der Waals surface area contributed by atoms with Crippen LogP contribution < -0.4 is 0 Å². The van der Waals surface area contributed by atoms with Gasteiger partial charge in [-0.25, -0.2) is 0 Å². The maximum atomic E-state index is 2.47. The van der Waals surface area contributed by atoms with Gasteiger partial charge in [0.1, 0.15) is 0 Å². The fourth-order valence-corrected chi connectivity index (χ4v) is 6.01. The second kappa shape index (κ2) is 12.0. The Morgan fingerprint density at radius 1 is 0.607 bits per heavy atom. The standard InChI is InChI=1S/C28H46/c1-3-5-6-8-24-15-19-27(20-16-24)28-21-17-26(18-22-28)14-13-25-11-9-23(7-4-2)10-12-25/h17-18,21-25,27H,3-16,19-20H2,1-2H3. The van der Waals surface area contributed by atoms with E-state index in [-0.39, 0.29) is 0 Å². The summed E-state index contributed by atoms with van der Waals surface area (Å²) in [5, 5.41) is 0. The summed E-state index contributed by atoms with van der Waals surface area (Å²) in [6, 6.07) is 9.84. The monoisotopic (exact) mass is 382 g/mol. The third-order valence-corrected chi connectivity index (χ3v) is 8.02. The molecule has 0 aromatic heterocycles. The Kier molecular flexibility index (Phi) is 9.42. The van der Waals surface area contributed by atoms with Gasteiger partial charge in [0.25, 0.3) is 0 Å². The molecule has 0 saturated heterocycles. The lowest BCUT2D eigenvalue weighted by atomic mass is 9.76. The highest BCUT2D eigenvalue weighted by Gasteiger charge is 2.22. The van der Waals surface area contributed by atoms with E-state index in [4.69, 9.17) is 0 Å². The number of rotatable bonds is 10. The van der Waals surface area contributed by atoms with Crippen LogP contribution in [0.15, 0.2) is 24.3 Å². The largest absolute Gasteiger partial charge is 0.0654 e. The van der Waals surface area contributed by atoms with Crippen LogP contribution in [0, 0.1) is 17.8 Å². The first-order valence-electron chi connectivity index (χ1n) is 12.9. The Bertz CT molecular complexity index is 511. The first-order valence-corrected chi connectivity index (χ1v) is 12.9. The van der Waals surface area contributed by atoms with E-state index in [0.717, 1.165) is 23.7 Å². The Morgan fingerprint density at radius 2 is 1.18 bits per heavy atom. The SMILES string of the molecule is CCCCCC1CCC(c2ccc(CCC3CCC(CCC)CC3)cc2)CC1. The van der Waals surface area contributed by atoms with Crippen LogP contribution in [0.3, 0.4) is 0 Å². The normalized spacial score (nSPS) is 28.4. The molecule has 0 atom stereocenters. The van der Waals surface area contributed by atoms with E-state index in [1.807, 2.05) is 0 Å². The van der Waals surface area contributed by atoms with Gasteiger partial charge in [-0.3, -0.25) is 0 Å². The molecule has 0 N–H and O–H groups in total. The molecule has 2 aliphatic carbocycles. The van der Waals surface area contributed by atoms with E-state index in [0.29, 0.717) is 0 Å². The quantitative estimate of drug-likeness (QED) is 0.354. The van der Waals surface area contributed by atoms with E-state index < -0.39 is 0 Å². The van der Waals surface area contributed by atoms with Gasteiger partial charge in [-0.15, -0.1) is 0 Å². The molecule has 0 radical (unpaired) electrons. The van der Waals surface area contributed by atoms with E-state index in [2.05, 4.69) is 38.1 Å². The van der Waals surface area contributed by atoms with E-state index in [9.17, 15) is 0 Å². The molecule has 2 fully saturated rings. The van der Waals surface area contributed by atoms with Crippen molar-refractivity contribution in [3.05, 3.63) is 35.4 Å². The molecular formula is C28H46. The highest BCUT2D eigenvalue weighted by Crippen LogP contribution is 2.38. The summed E-state index contributed by atoms with van der Waals surface area (Å²) in [4.78, 5) is 0. The van der Waals surface area contributed by atoms with E-state index in [1.54, 1.807) is 11.1 Å². The average Bonchev–Trinajstić information content (AvgIpc) is 2.75. The third-order valence-electron chi connectivity index (χ3n) is 8.02. The van der Waals surface area contributed by atoms with Crippen LogP contribution in [0.5, 0.6) is 0 Å². The Labute approximate surface area is 175 Å². The number of benzene rings is 1. The van der Waals surface area contributed by atoms with Crippen LogP contribution in [0.1, 0.15) is 127 Å². The molecule has 28 heavy (non-hydrogen) atoms. The minimum absolute atomic E-state index is 0.838. The molecule has 0 aliphatic heterocycles. The maximum Gasteiger partial charge on any atom is -0.0162 e. The molecular weight excluding hydrogens is 336 g/mol. The lowest BCUT2D eigenvalue weighted by Gasteiger charge is -2.29. The fraction of sp³-hybridized carbons (Fsp3) is 0.786. The number of aryl methyl sites for hydroxylation is 1. The molecule has 3 rings (SSSR count). The van der Waals surface area contributed by atoms with Crippen molar-refractivity contribution in [3.63, 3.8) is 0 Å². The van der Waals surface area contributed by atoms with Crippen LogP contribution in [0.2, 0.25) is 0 Å². The van der Waals surface area contributed by atoms with Crippen molar-refractivity contribution < 1.29 is 0 Å². The highest BCUT2D eigenvalue weighted by molar-refractivity contribution is 5.26. The molecule has 2 saturated carbocycles. The Balaban J connectivity index is 1.36. The summed E-state index contributed by atoms with van der Waals surface area (Å²) in [6.07, 6.45) is 23.1. The van der Waals surface area contributed by atoms with E-state index in [1.165, 1.54) is 103 Å². The van der Waals surface area contributed by atoms with Crippen molar-refractivity contribution in [1.82, 2.24) is 0 Å². The molecule has 158 valence electrons. The molecule has 0 heteroatoms. The smallest absolute Gasteiger partial charge is 0.0162 e. The summed E-state index contributed by atoms with van der Waals surface area (Å²) in [5.41, 5.74) is 3.20. The van der Waals surface area contributed by atoms with Gasteiger partial charge in [0, 0.05) is 0 Å². The zero-order valence-electron chi connectivity index (χ0n) is 18.9. The summed E-state index contributed by atoms with van der Waals surface area (Å²) >= 11 is 0. The van der Waals surface area contributed by atoms with Crippen molar-refractivity contribution >= 4 is 0 Å². The van der Waals surface area contributed by atoms with Gasteiger partial charge >= 0.3 is 0 Å². The molecule has 0 nitrogen and oxygen atoms in total. The average molecular weight is 383 g/mol. The van der Waals surface area contributed by atoms with Gasteiger partial charge < -0.3 is 0 Å². The van der Waals surface area contributed by atoms with Crippen LogP contribution in [0.4, 0.5) is 0 Å². The second-order valence-corrected chi connectivity index (χ2v) is 10.2. The zero-order chi connectivity index (χ0) is 19.6. The number of unbranched alkanes of at least 4 members (excludes halogenated alkanes) is 2. The van der Waals surface area contributed by atoms with Gasteiger partial charge in [0.05, 0.1) is 0 Å². The number of hydrogen-bond donors (Lipinski definition) is 0. The fourth-order valence-electron chi connectivity index (χ4n) is 6.01. The molecule has 0 unspecified atom stereocenters. The summed E-state index contributed by atoms with van der Waals surface area (Å²) in [7, 11) is 0. The minimum atomic E-state index is 0.838. The zero-order valence-corrected chi connectivity index (χ0v) is 18.9. The van der Waals surface area contributed by atoms with Crippen molar-refractivity contribution in [2.75, 3.05) is 0 Å². The molecule has 0 amide bonds. The molecule has 1 aromatic carbocycles. The van der Waals surface area contributed by atoms with Crippen LogP contribution in [-0.2, 0) is 6.42 Å². The van der Waals surface area contributed by atoms with Gasteiger partial charge in [0.15, 0.2) is 0 Å². The van der Waals surface area contributed by atoms with Gasteiger partial charge in [0.2, 0.25) is 0 Å². The minimum Gasteiger partial charge on any atom is -0.0654 e. The van der Waals surface area contributed by atoms with Crippen LogP contribution in [0.25, 0.3) is 0 Å². The predicted molar refractivity (Wildman–Crippen MR) is 124 cm³/mol. The van der Waals surface area contributed by atoms with Crippen LogP contribution >= 0.6 is 0 Å². The summed E-state index contributed by atoms with van der Waals surface area (Å²) in [5.74, 6) is 3.90. The topological polar surface area (TPSA) is 0 Å². The predicted octanol–water partition coefficient (Wildman–Crippen LogP) is 9.08. The van der Waals surface area contributed by atoms with Crippen LogP contribution in [-0.4, -0.2) is 0 Å². The van der Waals surface area contributed by atoms with Gasteiger partial charge in [-0.05, 0) is 73.3 Å². The highest BCUT2D eigenvalue weighted by atomic mass is 14.3. The molecule has 0 bridgehead atoms. The molecule has 2 aliphatic rings. The summed E-state index contributed by atoms with van der Waals surface area (Å²) in [6.45, 7) is 4.66. The maximum absolute atomic E-state index is 2.47. The second-order valence-electron chi connectivity index (χ2n) is 10.2. The first kappa shape index (κ1) is 21.9. The van der Waals surface area contributed by atoms with E-state index >= 15 is 0 Å². The van der Waals surface area contributed by atoms with Crippen molar-refractivity contribution in [3.8, 4) is 0 Å². The van der Waals surface area contributed by atoms with Gasteiger partial charge in [-0.2, -0.15) is 0 Å². The van der Waals surface area contributed by atoms with Crippen molar-refractivity contribution in [2.24, 2.45) is 17.8 Å². The van der Waals surface area contributed by atoms with Gasteiger partial charge in [-0.1, -0.05) is 102 Å². The molecule has 0 heterocycles. The third kappa shape index (κ3) is 6.93. The lowest BCUT2D eigenvalue weighted by Crippen LogP contribution is -2.15. The Morgan fingerprint density at radius 3 is 1.79 bits per heavy atom. The molecule has 0 spiro atoms. The first-order chi connectivity index (χ1) is 13.8. The Hall–Kier alpha value is -0.780. The van der Waals surface area contributed by atoms with Crippen molar-refractivity contribution in [1.29, 1.82) is 0 Å².